The predicted octanol–water partition coefficient (Wildman–Crippen LogP) is 4.38. The van der Waals surface area contributed by atoms with E-state index >= 15 is 0 Å². The second kappa shape index (κ2) is 8.96. The molecule has 3 aliphatic rings. The highest BCUT2D eigenvalue weighted by molar-refractivity contribution is 8.26. The fourth-order valence-electron chi connectivity index (χ4n) is 4.16. The maximum Gasteiger partial charge on any atom is 0.266 e. The first kappa shape index (κ1) is 21.0. The monoisotopic (exact) mass is 466 g/mol. The number of thiocarbonyl (C=S) groups is 1. The lowest BCUT2D eigenvalue weighted by atomic mass is 10.0. The highest BCUT2D eigenvalue weighted by Gasteiger charge is 2.32. The Morgan fingerprint density at radius 1 is 1.16 bits per heavy atom. The van der Waals surface area contributed by atoms with Gasteiger partial charge in [-0.15, -0.1) is 0 Å². The summed E-state index contributed by atoms with van der Waals surface area (Å²) in [6, 6.07) is 13.6. The van der Waals surface area contributed by atoms with E-state index in [1.54, 1.807) is 4.90 Å². The Hall–Kier alpha value is -2.84. The number of thioether (sulfide) groups is 1. The van der Waals surface area contributed by atoms with Crippen LogP contribution in [-0.4, -0.2) is 40.9 Å². The number of rotatable bonds is 5. The van der Waals surface area contributed by atoms with Crippen molar-refractivity contribution in [3.8, 4) is 11.5 Å². The van der Waals surface area contributed by atoms with Gasteiger partial charge in [0.1, 0.15) is 4.32 Å². The Morgan fingerprint density at radius 3 is 2.91 bits per heavy atom. The Labute approximate surface area is 196 Å². The van der Waals surface area contributed by atoms with Crippen molar-refractivity contribution in [3.63, 3.8) is 0 Å². The van der Waals surface area contributed by atoms with E-state index in [4.69, 9.17) is 21.7 Å². The lowest BCUT2D eigenvalue weighted by Crippen LogP contribution is -2.36. The van der Waals surface area contributed by atoms with E-state index in [9.17, 15) is 9.59 Å². The summed E-state index contributed by atoms with van der Waals surface area (Å²) >= 11 is 6.72. The van der Waals surface area contributed by atoms with Gasteiger partial charge in [0.25, 0.3) is 5.91 Å². The summed E-state index contributed by atoms with van der Waals surface area (Å²) in [6.45, 7) is 1.39. The maximum atomic E-state index is 12.9. The molecule has 8 heteroatoms. The quantitative estimate of drug-likeness (QED) is 0.482. The van der Waals surface area contributed by atoms with Gasteiger partial charge in [0.2, 0.25) is 12.7 Å². The molecule has 0 atom stereocenters. The number of hydrogen-bond acceptors (Lipinski definition) is 6. The number of amides is 2. The molecule has 0 N–H and O–H groups in total. The molecule has 0 bridgehead atoms. The van der Waals surface area contributed by atoms with Crippen LogP contribution in [0.15, 0.2) is 47.4 Å². The van der Waals surface area contributed by atoms with Crippen LogP contribution in [0.3, 0.4) is 0 Å². The SMILES string of the molecule is O=C1/C(=C/c2ccc3c(c2)OCO3)SC(=S)N1CCCC(=O)N1CCCc2ccccc21. The van der Waals surface area contributed by atoms with Gasteiger partial charge in [0.15, 0.2) is 11.5 Å². The molecule has 1 saturated heterocycles. The highest BCUT2D eigenvalue weighted by Crippen LogP contribution is 2.36. The van der Waals surface area contributed by atoms with Crippen LogP contribution < -0.4 is 14.4 Å². The predicted molar refractivity (Wildman–Crippen MR) is 129 cm³/mol. The number of benzene rings is 2. The smallest absolute Gasteiger partial charge is 0.266 e. The summed E-state index contributed by atoms with van der Waals surface area (Å²) in [5.41, 5.74) is 3.09. The van der Waals surface area contributed by atoms with E-state index in [0.717, 1.165) is 30.6 Å². The van der Waals surface area contributed by atoms with Crippen molar-refractivity contribution in [2.24, 2.45) is 0 Å². The summed E-state index contributed by atoms with van der Waals surface area (Å²) in [6.07, 6.45) is 4.75. The van der Waals surface area contributed by atoms with Crippen LogP contribution in [0.2, 0.25) is 0 Å². The summed E-state index contributed by atoms with van der Waals surface area (Å²) in [7, 11) is 0. The number of anilines is 1. The summed E-state index contributed by atoms with van der Waals surface area (Å²) < 4.78 is 11.3. The zero-order chi connectivity index (χ0) is 22.1. The van der Waals surface area contributed by atoms with Crippen molar-refractivity contribution in [1.82, 2.24) is 4.90 Å². The third kappa shape index (κ3) is 4.12. The Bertz CT molecular complexity index is 1130. The molecule has 0 spiro atoms. The van der Waals surface area contributed by atoms with Crippen molar-refractivity contribution in [2.75, 3.05) is 24.8 Å². The number of fused-ring (bicyclic) bond motifs is 2. The number of hydrogen-bond donors (Lipinski definition) is 0. The summed E-state index contributed by atoms with van der Waals surface area (Å²) in [5, 5.41) is 0. The van der Waals surface area contributed by atoms with Crippen molar-refractivity contribution in [2.45, 2.75) is 25.7 Å². The molecular weight excluding hydrogens is 444 g/mol. The Kier molecular flexibility index (Phi) is 5.89. The normalized spacial score (nSPS) is 18.4. The molecule has 0 saturated carbocycles. The average Bonchev–Trinajstić information content (AvgIpc) is 3.38. The molecule has 164 valence electrons. The third-order valence-corrected chi connectivity index (χ3v) is 7.13. The molecule has 3 aliphatic heterocycles. The first-order valence-electron chi connectivity index (χ1n) is 10.6. The van der Waals surface area contributed by atoms with Gasteiger partial charge >= 0.3 is 0 Å². The maximum absolute atomic E-state index is 12.9. The molecule has 0 unspecified atom stereocenters. The van der Waals surface area contributed by atoms with E-state index in [0.29, 0.717) is 40.1 Å². The van der Waals surface area contributed by atoms with E-state index in [1.165, 1.54) is 17.3 Å². The molecule has 3 heterocycles. The number of para-hydroxylation sites is 1. The van der Waals surface area contributed by atoms with Crippen LogP contribution >= 0.6 is 24.0 Å². The standard InChI is InChI=1S/C24H22N2O4S2/c27-22(25-11-3-6-17-5-1-2-7-18(17)25)8-4-12-26-23(28)21(32-24(26)31)14-16-9-10-19-20(13-16)30-15-29-19/h1-2,5,7,9-10,13-14H,3-4,6,8,11-12,15H2/b21-14-. The third-order valence-electron chi connectivity index (χ3n) is 5.75. The topological polar surface area (TPSA) is 59.1 Å². The average molecular weight is 467 g/mol. The molecule has 0 radical (unpaired) electrons. The van der Waals surface area contributed by atoms with Gasteiger partial charge in [-0.25, -0.2) is 0 Å². The largest absolute Gasteiger partial charge is 0.454 e. The van der Waals surface area contributed by atoms with Crippen molar-refractivity contribution in [1.29, 1.82) is 0 Å². The number of aryl methyl sites for hydroxylation is 1. The number of nitrogens with zero attached hydrogens (tertiary/aromatic N) is 2. The molecule has 0 aromatic heterocycles. The fourth-order valence-corrected chi connectivity index (χ4v) is 5.47. The first-order valence-corrected chi connectivity index (χ1v) is 11.9. The Morgan fingerprint density at radius 2 is 2.00 bits per heavy atom. The van der Waals surface area contributed by atoms with E-state index in [2.05, 4.69) is 6.07 Å². The van der Waals surface area contributed by atoms with E-state index < -0.39 is 0 Å². The molecule has 2 aromatic rings. The molecule has 2 aromatic carbocycles. The van der Waals surface area contributed by atoms with Gasteiger partial charge in [-0.2, -0.15) is 0 Å². The fraction of sp³-hybridized carbons (Fsp3) is 0.292. The van der Waals surface area contributed by atoms with Crippen molar-refractivity contribution in [3.05, 3.63) is 58.5 Å². The molecule has 6 nitrogen and oxygen atoms in total. The molecule has 2 amide bonds. The van der Waals surface area contributed by atoms with Gasteiger partial charge in [0.05, 0.1) is 4.91 Å². The number of carbonyl (C=O) groups is 2. The minimum atomic E-state index is -0.117. The first-order chi connectivity index (χ1) is 15.6. The van der Waals surface area contributed by atoms with Crippen LogP contribution in [0.25, 0.3) is 6.08 Å². The lowest BCUT2D eigenvalue weighted by molar-refractivity contribution is -0.123. The van der Waals surface area contributed by atoms with Crippen LogP contribution in [0.4, 0.5) is 5.69 Å². The number of ether oxygens (including phenoxy) is 2. The highest BCUT2D eigenvalue weighted by atomic mass is 32.2. The Balaban J connectivity index is 1.20. The van der Waals surface area contributed by atoms with Crippen LogP contribution in [0.1, 0.15) is 30.4 Å². The molecule has 5 rings (SSSR count). The van der Waals surface area contributed by atoms with Gasteiger partial charge < -0.3 is 14.4 Å². The minimum absolute atomic E-state index is 0.0958. The van der Waals surface area contributed by atoms with E-state index in [-0.39, 0.29) is 18.6 Å². The summed E-state index contributed by atoms with van der Waals surface area (Å²) in [5.74, 6) is 1.36. The molecule has 0 aliphatic carbocycles. The molecule has 1 fully saturated rings. The lowest BCUT2D eigenvalue weighted by Gasteiger charge is -2.29. The van der Waals surface area contributed by atoms with Gasteiger partial charge in [-0.1, -0.05) is 48.2 Å². The second-order valence-corrected chi connectivity index (χ2v) is 9.50. The van der Waals surface area contributed by atoms with Crippen LogP contribution in [-0.2, 0) is 16.0 Å². The second-order valence-electron chi connectivity index (χ2n) is 7.83. The molecular formula is C24H22N2O4S2. The van der Waals surface area contributed by atoms with Gasteiger partial charge in [0, 0.05) is 25.2 Å². The van der Waals surface area contributed by atoms with Gasteiger partial charge in [-0.3, -0.25) is 14.5 Å². The molecule has 32 heavy (non-hydrogen) atoms. The van der Waals surface area contributed by atoms with Crippen LogP contribution in [0, 0.1) is 0 Å². The van der Waals surface area contributed by atoms with E-state index in [1.807, 2.05) is 47.4 Å². The van der Waals surface area contributed by atoms with Crippen molar-refractivity contribution < 1.29 is 19.1 Å². The zero-order valence-corrected chi connectivity index (χ0v) is 19.0. The minimum Gasteiger partial charge on any atom is -0.454 e. The zero-order valence-electron chi connectivity index (χ0n) is 17.4. The number of carbonyl (C=O) groups excluding carboxylic acids is 2. The van der Waals surface area contributed by atoms with Crippen LogP contribution in [0.5, 0.6) is 11.5 Å². The van der Waals surface area contributed by atoms with Gasteiger partial charge in [-0.05, 0) is 54.7 Å². The summed E-state index contributed by atoms with van der Waals surface area (Å²) in [4.78, 5) is 29.8. The van der Waals surface area contributed by atoms with Crippen molar-refractivity contribution >= 4 is 51.9 Å².